The maximum atomic E-state index is 13.6. The van der Waals surface area contributed by atoms with Gasteiger partial charge in [-0.15, -0.1) is 18.7 Å². The molecule has 4 atom stereocenters. The Kier molecular flexibility index (Phi) is 6.81. The van der Waals surface area contributed by atoms with Crippen LogP contribution in [0.5, 0.6) is 0 Å². The van der Waals surface area contributed by atoms with Crippen LogP contribution in [0.3, 0.4) is 0 Å². The molecule has 1 saturated carbocycles. The van der Waals surface area contributed by atoms with E-state index in [-0.39, 0.29) is 19.9 Å². The maximum Gasteiger partial charge on any atom is 0.318 e. The van der Waals surface area contributed by atoms with Crippen LogP contribution in [-0.4, -0.2) is 50.6 Å². The average molecular weight is 643 g/mol. The lowest BCUT2D eigenvalue weighted by Crippen LogP contribution is -2.50. The van der Waals surface area contributed by atoms with Crippen LogP contribution in [-0.2, 0) is 48.0 Å². The van der Waals surface area contributed by atoms with Crippen molar-refractivity contribution in [1.82, 2.24) is 10.1 Å². The zero-order chi connectivity index (χ0) is 32.2. The molecule has 7 rings (SSSR count). The lowest BCUT2D eigenvalue weighted by molar-refractivity contribution is -0.166. The number of imide groups is 2. The molecule has 2 heterocycles. The number of hydroxylamine groups is 4. The van der Waals surface area contributed by atoms with Crippen LogP contribution in [0, 0.1) is 77.0 Å². The number of benzene rings is 2. The monoisotopic (exact) mass is 642 g/mol. The summed E-state index contributed by atoms with van der Waals surface area (Å²) >= 11 is 0. The summed E-state index contributed by atoms with van der Waals surface area (Å²) < 4.78 is 63.5. The minimum Gasteiger partial charge on any atom is -0.272 e. The van der Waals surface area contributed by atoms with E-state index in [4.69, 9.17) is 8.57 Å². The highest BCUT2D eigenvalue weighted by Gasteiger charge is 2.70. The van der Waals surface area contributed by atoms with Crippen molar-refractivity contribution in [1.29, 1.82) is 0 Å². The first-order chi connectivity index (χ1) is 20.5. The Morgan fingerprint density at radius 1 is 0.500 bits per heavy atom. The second kappa shape index (κ2) is 9.89. The molecule has 44 heavy (non-hydrogen) atoms. The molecule has 3 fully saturated rings. The first kappa shape index (κ1) is 30.3. The SMILES string of the molecule is Cc1cc(C)c(S(=O)(=O)ON2C(=O)C3C4C=CC(C3C2=O)C2C(=O)N(OS(=O)(=O)c3c(C)cc(C)cc3C)C(=O)C42)c(C)c1. The van der Waals surface area contributed by atoms with Gasteiger partial charge in [0.15, 0.2) is 0 Å². The van der Waals surface area contributed by atoms with Crippen molar-refractivity contribution in [2.45, 2.75) is 51.3 Å². The van der Waals surface area contributed by atoms with Crippen molar-refractivity contribution >= 4 is 43.9 Å². The van der Waals surface area contributed by atoms with Gasteiger partial charge in [-0.05, 0) is 63.8 Å². The second-order valence-corrected chi connectivity index (χ2v) is 15.0. The van der Waals surface area contributed by atoms with E-state index in [0.29, 0.717) is 22.3 Å². The van der Waals surface area contributed by atoms with E-state index in [1.54, 1.807) is 78.0 Å². The van der Waals surface area contributed by atoms with Gasteiger partial charge in [0.25, 0.3) is 23.6 Å². The molecule has 232 valence electrons. The fraction of sp³-hybridized carbons (Fsp3) is 0.400. The minimum absolute atomic E-state index is 0.171. The van der Waals surface area contributed by atoms with Crippen LogP contribution in [0.25, 0.3) is 0 Å². The highest BCUT2D eigenvalue weighted by Crippen LogP contribution is 2.58. The molecule has 0 N–H and O–H groups in total. The van der Waals surface area contributed by atoms with Gasteiger partial charge in [-0.2, -0.15) is 16.8 Å². The van der Waals surface area contributed by atoms with E-state index in [0.717, 1.165) is 11.1 Å². The molecule has 0 spiro atoms. The Hall–Kier alpha value is -3.72. The van der Waals surface area contributed by atoms with E-state index < -0.39 is 79.4 Å². The van der Waals surface area contributed by atoms with E-state index in [1.165, 1.54) is 0 Å². The van der Waals surface area contributed by atoms with Gasteiger partial charge in [0.05, 0.1) is 23.7 Å². The molecular formula is C30H30N2O10S2. The van der Waals surface area contributed by atoms with Crippen LogP contribution in [0.1, 0.15) is 33.4 Å². The van der Waals surface area contributed by atoms with Crippen molar-refractivity contribution < 1.29 is 44.6 Å². The molecular weight excluding hydrogens is 612 g/mol. The first-order valence-corrected chi connectivity index (χ1v) is 16.8. The van der Waals surface area contributed by atoms with Gasteiger partial charge in [-0.3, -0.25) is 19.2 Å². The molecule has 2 aromatic rings. The quantitative estimate of drug-likeness (QED) is 0.338. The molecule has 4 amide bonds. The summed E-state index contributed by atoms with van der Waals surface area (Å²) in [5, 5.41) is 0.460. The fourth-order valence-electron chi connectivity index (χ4n) is 7.71. The van der Waals surface area contributed by atoms with Gasteiger partial charge in [0.2, 0.25) is 0 Å². The van der Waals surface area contributed by atoms with Gasteiger partial charge < -0.3 is 0 Å². The summed E-state index contributed by atoms with van der Waals surface area (Å²) in [7, 11) is -9.23. The fourth-order valence-corrected chi connectivity index (χ4v) is 10.4. The smallest absolute Gasteiger partial charge is 0.272 e. The lowest BCUT2D eigenvalue weighted by Gasteiger charge is -2.44. The summed E-state index contributed by atoms with van der Waals surface area (Å²) in [5.41, 5.74) is 3.12. The largest absolute Gasteiger partial charge is 0.318 e. The number of allylic oxidation sites excluding steroid dienone is 2. The Labute approximate surface area is 254 Å². The first-order valence-electron chi connectivity index (χ1n) is 13.9. The second-order valence-electron chi connectivity index (χ2n) is 12.1. The Balaban J connectivity index is 1.30. The highest BCUT2D eigenvalue weighted by atomic mass is 32.2. The molecule has 2 aliphatic heterocycles. The molecule has 3 aliphatic carbocycles. The molecule has 0 radical (unpaired) electrons. The minimum atomic E-state index is -4.62. The number of aryl methyl sites for hydroxylation is 6. The van der Waals surface area contributed by atoms with Crippen LogP contribution in [0.2, 0.25) is 0 Å². The Morgan fingerprint density at radius 2 is 0.750 bits per heavy atom. The van der Waals surface area contributed by atoms with Crippen molar-refractivity contribution in [2.75, 3.05) is 0 Å². The average Bonchev–Trinajstić information content (AvgIpc) is 3.29. The van der Waals surface area contributed by atoms with Gasteiger partial charge in [-0.1, -0.05) is 47.5 Å². The highest BCUT2D eigenvalue weighted by molar-refractivity contribution is 7.87. The van der Waals surface area contributed by atoms with Crippen molar-refractivity contribution in [2.24, 2.45) is 35.5 Å². The number of carbonyl (C=O) groups excluding carboxylic acids is 4. The molecule has 2 bridgehead atoms. The van der Waals surface area contributed by atoms with Gasteiger partial charge in [0.1, 0.15) is 9.79 Å². The number of hydrogen-bond donors (Lipinski definition) is 0. The molecule has 5 aliphatic rings. The Bertz CT molecular complexity index is 1720. The summed E-state index contributed by atoms with van der Waals surface area (Å²) in [6.07, 6.45) is 3.09. The van der Waals surface area contributed by atoms with E-state index in [1.807, 2.05) is 0 Å². The van der Waals surface area contributed by atoms with Crippen LogP contribution < -0.4 is 0 Å². The molecule has 0 aromatic heterocycles. The van der Waals surface area contributed by atoms with E-state index in [9.17, 15) is 36.0 Å². The normalized spacial score (nSPS) is 27.9. The van der Waals surface area contributed by atoms with Crippen LogP contribution in [0.4, 0.5) is 0 Å². The van der Waals surface area contributed by atoms with Crippen LogP contribution in [0.15, 0.2) is 46.2 Å². The van der Waals surface area contributed by atoms with Crippen molar-refractivity contribution in [3.05, 3.63) is 69.8 Å². The summed E-state index contributed by atoms with van der Waals surface area (Å²) in [6, 6.07) is 6.53. The zero-order valence-corrected chi connectivity index (χ0v) is 26.4. The van der Waals surface area contributed by atoms with E-state index in [2.05, 4.69) is 0 Å². The molecule has 14 heteroatoms. The van der Waals surface area contributed by atoms with Crippen LogP contribution >= 0.6 is 0 Å². The predicted molar refractivity (Wildman–Crippen MR) is 152 cm³/mol. The number of nitrogens with zero attached hydrogens (tertiary/aromatic N) is 2. The number of rotatable bonds is 6. The summed E-state index contributed by atoms with van der Waals surface area (Å²) in [5.74, 6) is -10.6. The predicted octanol–water partition coefficient (Wildman–Crippen LogP) is 2.50. The van der Waals surface area contributed by atoms with Crippen molar-refractivity contribution in [3.63, 3.8) is 0 Å². The van der Waals surface area contributed by atoms with Gasteiger partial charge in [-0.25, -0.2) is 0 Å². The third-order valence-corrected chi connectivity index (χ3v) is 12.0. The zero-order valence-electron chi connectivity index (χ0n) is 24.7. The number of amides is 4. The van der Waals surface area contributed by atoms with Gasteiger partial charge >= 0.3 is 20.2 Å². The third kappa shape index (κ3) is 4.30. The summed E-state index contributed by atoms with van der Waals surface area (Å²) in [6.45, 7) is 9.88. The van der Waals surface area contributed by atoms with Gasteiger partial charge in [0, 0.05) is 11.8 Å². The molecule has 4 unspecified atom stereocenters. The third-order valence-electron chi connectivity index (χ3n) is 8.98. The maximum absolute atomic E-state index is 13.6. The number of carbonyl (C=O) groups is 4. The Morgan fingerprint density at radius 3 is 1.00 bits per heavy atom. The standard InChI is InChI=1S/C30H30N2O10S2/c1-13-9-15(3)25(16(4)10-13)43(37,38)41-31-27(33)21-19-7-8-20(22(21)28(31)34)24-23(19)29(35)32(30(24)36)42-44(39,40)26-17(5)11-14(2)12-18(26)6/h7-12,19-24H,1-6H3. The topological polar surface area (TPSA) is 161 Å². The van der Waals surface area contributed by atoms with Crippen molar-refractivity contribution in [3.8, 4) is 0 Å². The number of hydrogen-bond acceptors (Lipinski definition) is 10. The molecule has 12 nitrogen and oxygen atoms in total. The molecule has 2 saturated heterocycles. The van der Waals surface area contributed by atoms with E-state index >= 15 is 0 Å². The lowest BCUT2D eigenvalue weighted by atomic mass is 9.54. The molecule has 2 aromatic carbocycles. The summed E-state index contributed by atoms with van der Waals surface area (Å²) in [4.78, 5) is 54.0.